The van der Waals surface area contributed by atoms with E-state index in [1.165, 1.54) is 212 Å². The third-order valence-corrected chi connectivity index (χ3v) is 21.4. The Bertz CT molecular complexity index is 1960. The lowest BCUT2D eigenvalue weighted by molar-refractivity contribution is -0.161. The van der Waals surface area contributed by atoms with E-state index in [1.54, 1.807) is 0 Å². The quantitative estimate of drug-likeness (QED) is 0.0222. The largest absolute Gasteiger partial charge is 0.472 e. The number of unbranched alkanes of at least 4 members (excludes halogenated alkanes) is 42. The van der Waals surface area contributed by atoms with Crippen LogP contribution >= 0.6 is 15.6 Å². The third kappa shape index (κ3) is 71.7. The highest BCUT2D eigenvalue weighted by Gasteiger charge is 2.30. The zero-order valence-electron chi connectivity index (χ0n) is 65.8. The number of aliphatic hydroxyl groups excluding tert-OH is 1. The molecule has 0 aliphatic heterocycles. The summed E-state index contributed by atoms with van der Waals surface area (Å²) in [5.74, 6) is 1.01. The lowest BCUT2D eigenvalue weighted by atomic mass is 9.99. The summed E-state index contributed by atoms with van der Waals surface area (Å²) in [4.78, 5) is 73.0. The highest BCUT2D eigenvalue weighted by molar-refractivity contribution is 7.47. The monoisotopic (exact) mass is 1470 g/mol. The highest BCUT2D eigenvalue weighted by Crippen LogP contribution is 2.45. The van der Waals surface area contributed by atoms with E-state index >= 15 is 0 Å². The molecule has 100 heavy (non-hydrogen) atoms. The average molecular weight is 1470 g/mol. The Hall–Kier alpha value is -1.94. The van der Waals surface area contributed by atoms with Gasteiger partial charge >= 0.3 is 39.5 Å². The van der Waals surface area contributed by atoms with Crippen molar-refractivity contribution in [1.82, 2.24) is 0 Å². The van der Waals surface area contributed by atoms with Crippen LogP contribution in [0.15, 0.2) is 0 Å². The van der Waals surface area contributed by atoms with E-state index in [0.717, 1.165) is 120 Å². The number of ether oxygens (including phenoxy) is 4. The second kappa shape index (κ2) is 70.1. The van der Waals surface area contributed by atoms with Crippen LogP contribution in [-0.4, -0.2) is 96.7 Å². The highest BCUT2D eigenvalue weighted by atomic mass is 31.2. The summed E-state index contributed by atoms with van der Waals surface area (Å²) in [6.07, 6.45) is 57.0. The molecule has 0 aromatic carbocycles. The molecule has 3 N–H and O–H groups in total. The van der Waals surface area contributed by atoms with Gasteiger partial charge in [0, 0.05) is 25.7 Å². The number of hydrogen-bond donors (Lipinski definition) is 3. The van der Waals surface area contributed by atoms with Crippen LogP contribution in [0.2, 0.25) is 0 Å². The van der Waals surface area contributed by atoms with E-state index in [2.05, 4.69) is 55.4 Å². The minimum Gasteiger partial charge on any atom is -0.462 e. The van der Waals surface area contributed by atoms with Gasteiger partial charge in [-0.15, -0.1) is 0 Å². The van der Waals surface area contributed by atoms with Crippen LogP contribution in [0.3, 0.4) is 0 Å². The van der Waals surface area contributed by atoms with Gasteiger partial charge in [-0.1, -0.05) is 364 Å². The van der Waals surface area contributed by atoms with Gasteiger partial charge in [0.2, 0.25) is 0 Å². The Labute approximate surface area is 613 Å². The molecule has 0 radical (unpaired) electrons. The molecule has 0 aliphatic rings. The summed E-state index contributed by atoms with van der Waals surface area (Å²) in [6, 6.07) is 0. The molecule has 0 fully saturated rings. The summed E-state index contributed by atoms with van der Waals surface area (Å²) >= 11 is 0. The number of hydrogen-bond acceptors (Lipinski definition) is 15. The first kappa shape index (κ1) is 98.1. The van der Waals surface area contributed by atoms with Crippen molar-refractivity contribution in [2.24, 2.45) is 23.7 Å². The minimum absolute atomic E-state index is 0.105. The summed E-state index contributed by atoms with van der Waals surface area (Å²) in [7, 11) is -9.92. The topological polar surface area (TPSA) is 237 Å². The Morgan fingerprint density at radius 1 is 0.280 bits per heavy atom. The number of esters is 4. The van der Waals surface area contributed by atoms with Crippen LogP contribution in [0.25, 0.3) is 0 Å². The van der Waals surface area contributed by atoms with Crippen LogP contribution in [0.5, 0.6) is 0 Å². The first-order valence-electron chi connectivity index (χ1n) is 41.8. The van der Waals surface area contributed by atoms with Gasteiger partial charge < -0.3 is 33.8 Å². The predicted molar refractivity (Wildman–Crippen MR) is 409 cm³/mol. The third-order valence-electron chi connectivity index (χ3n) is 19.5. The summed E-state index contributed by atoms with van der Waals surface area (Å²) in [5, 5.41) is 10.6. The van der Waals surface area contributed by atoms with Crippen LogP contribution in [0.4, 0.5) is 0 Å². The fourth-order valence-corrected chi connectivity index (χ4v) is 13.9. The number of phosphoric ester groups is 2. The van der Waals surface area contributed by atoms with Crippen molar-refractivity contribution < 1.29 is 80.2 Å². The predicted octanol–water partition coefficient (Wildman–Crippen LogP) is 24.0. The van der Waals surface area contributed by atoms with E-state index < -0.39 is 97.5 Å². The first-order valence-corrected chi connectivity index (χ1v) is 44.8. The molecule has 0 aliphatic carbocycles. The molecule has 0 bridgehead atoms. The van der Waals surface area contributed by atoms with Gasteiger partial charge in [-0.2, -0.15) is 0 Å². The van der Waals surface area contributed by atoms with Crippen LogP contribution < -0.4 is 0 Å². The SMILES string of the molecule is CCC(C)CCCCCCCCCCCCCCCCCCCCC(=O)OC[C@H](COP(=O)(O)OC[C@@H](O)COP(=O)(O)OC[C@@H](COC(=O)CCCCCCCCC(C)CC)OC(=O)CCCCCCCCCCCCCCCC(C)C)OC(=O)CCCCCCCCCCCC(C)C. The molecule has 4 unspecified atom stereocenters. The molecule has 7 atom stereocenters. The minimum atomic E-state index is -4.96. The number of aliphatic hydroxyl groups is 1. The maximum atomic E-state index is 13.1. The second-order valence-corrected chi connectivity index (χ2v) is 33.5. The molecule has 0 rings (SSSR count). The fraction of sp³-hybridized carbons (Fsp3) is 0.951. The zero-order valence-corrected chi connectivity index (χ0v) is 67.6. The molecule has 0 saturated carbocycles. The van der Waals surface area contributed by atoms with Crippen molar-refractivity contribution in [3.63, 3.8) is 0 Å². The van der Waals surface area contributed by atoms with Gasteiger partial charge in [0.05, 0.1) is 26.4 Å². The summed E-state index contributed by atoms with van der Waals surface area (Å²) in [5.41, 5.74) is 0. The van der Waals surface area contributed by atoms with E-state index in [0.29, 0.717) is 25.7 Å². The second-order valence-electron chi connectivity index (χ2n) is 30.6. The van der Waals surface area contributed by atoms with Crippen molar-refractivity contribution in [1.29, 1.82) is 0 Å². The standard InChI is InChI=1S/C81H158O17P2/c1-9-73(7)59-51-43-35-29-23-19-15-13-11-12-14-16-20-24-30-36-45-53-61-78(83)91-67-76(97-81(86)64-56-48-38-32-26-28-34-42-50-58-72(5)6)69-95-99(87,88)93-65-75(82)66-94-100(89,90)96-70-77(68-92-79(84)62-54-46-40-39-44-52-60-74(8)10-2)98-80(85)63-55-47-37-31-25-21-17-18-22-27-33-41-49-57-71(3)4/h71-77,82H,9-70H2,1-8H3,(H,87,88)(H,89,90)/t73?,74?,75-,76-,77-/m1/s1. The number of phosphoric acid groups is 2. The fourth-order valence-electron chi connectivity index (χ4n) is 12.4. The van der Waals surface area contributed by atoms with Crippen LogP contribution in [-0.2, 0) is 65.4 Å². The molecule has 0 aromatic heterocycles. The lowest BCUT2D eigenvalue weighted by Gasteiger charge is -2.21. The van der Waals surface area contributed by atoms with Crippen molar-refractivity contribution in [2.45, 2.75) is 433 Å². The van der Waals surface area contributed by atoms with E-state index in [-0.39, 0.29) is 25.7 Å². The molecular weight excluding hydrogens is 1310 g/mol. The Morgan fingerprint density at radius 3 is 0.710 bits per heavy atom. The number of rotatable bonds is 78. The van der Waals surface area contributed by atoms with Crippen molar-refractivity contribution >= 4 is 39.5 Å². The van der Waals surface area contributed by atoms with Gasteiger partial charge in [0.25, 0.3) is 0 Å². The molecular formula is C81H158O17P2. The first-order chi connectivity index (χ1) is 48.2. The molecule has 0 spiro atoms. The van der Waals surface area contributed by atoms with Crippen molar-refractivity contribution in [3.8, 4) is 0 Å². The van der Waals surface area contributed by atoms with E-state index in [9.17, 15) is 43.2 Å². The lowest BCUT2D eigenvalue weighted by Crippen LogP contribution is -2.30. The molecule has 0 saturated heterocycles. The molecule has 0 heterocycles. The number of carbonyl (C=O) groups excluding carboxylic acids is 4. The zero-order chi connectivity index (χ0) is 73.8. The van der Waals surface area contributed by atoms with Crippen LogP contribution in [0, 0.1) is 23.7 Å². The van der Waals surface area contributed by atoms with Gasteiger partial charge in [-0.3, -0.25) is 37.3 Å². The summed E-state index contributed by atoms with van der Waals surface area (Å²) in [6.45, 7) is 14.3. The maximum absolute atomic E-state index is 13.1. The Kier molecular flexibility index (Phi) is 68.7. The Morgan fingerprint density at radius 2 is 0.480 bits per heavy atom. The molecule has 0 amide bonds. The van der Waals surface area contributed by atoms with E-state index in [4.69, 9.17) is 37.0 Å². The van der Waals surface area contributed by atoms with Crippen molar-refractivity contribution in [3.05, 3.63) is 0 Å². The maximum Gasteiger partial charge on any atom is 0.472 e. The van der Waals surface area contributed by atoms with Gasteiger partial charge in [0.15, 0.2) is 12.2 Å². The smallest absolute Gasteiger partial charge is 0.462 e. The van der Waals surface area contributed by atoms with Crippen LogP contribution in [0.1, 0.15) is 415 Å². The molecule has 17 nitrogen and oxygen atoms in total. The van der Waals surface area contributed by atoms with Gasteiger partial charge in [-0.05, 0) is 49.4 Å². The normalized spacial score (nSPS) is 14.6. The van der Waals surface area contributed by atoms with Crippen molar-refractivity contribution in [2.75, 3.05) is 39.6 Å². The molecule has 594 valence electrons. The van der Waals surface area contributed by atoms with Gasteiger partial charge in [-0.25, -0.2) is 9.13 Å². The molecule has 19 heteroatoms. The average Bonchev–Trinajstić information content (AvgIpc) is 0.944. The number of carbonyl (C=O) groups is 4. The molecule has 0 aromatic rings. The summed E-state index contributed by atoms with van der Waals surface area (Å²) < 4.78 is 68.7. The van der Waals surface area contributed by atoms with Gasteiger partial charge in [0.1, 0.15) is 19.3 Å². The Balaban J connectivity index is 5.17. The van der Waals surface area contributed by atoms with E-state index in [1.807, 2.05) is 0 Å².